The van der Waals surface area contributed by atoms with E-state index in [1.54, 1.807) is 0 Å². The second kappa shape index (κ2) is 9.61. The lowest BCUT2D eigenvalue weighted by molar-refractivity contribution is 0.671. The van der Waals surface area contributed by atoms with Gasteiger partial charge in [0.15, 0.2) is 0 Å². The fourth-order valence-electron chi connectivity index (χ4n) is 2.30. The molecule has 0 fully saturated rings. The predicted octanol–water partition coefficient (Wildman–Crippen LogP) is 7.57. The fraction of sp³-hybridized carbons (Fsp3) is 0.333. The summed E-state index contributed by atoms with van der Waals surface area (Å²) in [7, 11) is 0. The van der Waals surface area contributed by atoms with Gasteiger partial charge in [-0.05, 0) is 24.0 Å². The third-order valence-electron chi connectivity index (χ3n) is 3.59. The highest BCUT2D eigenvalue weighted by Gasteiger charge is 2.22. The molecule has 0 saturated carbocycles. The monoisotopic (exact) mass is 550 g/mol. The van der Waals surface area contributed by atoms with E-state index in [4.69, 9.17) is 0 Å². The molecule has 0 amide bonds. The zero-order valence-electron chi connectivity index (χ0n) is 12.0. The summed E-state index contributed by atoms with van der Waals surface area (Å²) in [5.41, 5.74) is 2.63. The predicted molar refractivity (Wildman–Crippen MR) is 111 cm³/mol. The van der Waals surface area contributed by atoms with Gasteiger partial charge in [0.25, 0.3) is 0 Å². The van der Waals surface area contributed by atoms with Crippen molar-refractivity contribution < 1.29 is 0 Å². The molecule has 0 heterocycles. The van der Waals surface area contributed by atoms with E-state index in [9.17, 15) is 0 Å². The summed E-state index contributed by atoms with van der Waals surface area (Å²) >= 11 is 15.3. The van der Waals surface area contributed by atoms with Crippen molar-refractivity contribution in [3.63, 3.8) is 0 Å². The van der Waals surface area contributed by atoms with Crippen LogP contribution in [0, 0.1) is 0 Å². The molecule has 0 saturated heterocycles. The molecule has 0 aliphatic carbocycles. The molecule has 0 aliphatic heterocycles. The number of hydrogen-bond acceptors (Lipinski definition) is 0. The molecule has 0 N–H and O–H groups in total. The van der Waals surface area contributed by atoms with Crippen LogP contribution in [0.25, 0.3) is 0 Å². The zero-order valence-corrected chi connectivity index (χ0v) is 18.4. The molecule has 4 atom stereocenters. The van der Waals surface area contributed by atoms with Gasteiger partial charge in [0, 0.05) is 9.65 Å². The van der Waals surface area contributed by atoms with Crippen LogP contribution >= 0.6 is 63.7 Å². The number of hydrogen-bond donors (Lipinski definition) is 0. The molecule has 0 nitrogen and oxygen atoms in total. The molecule has 2 aromatic rings. The first-order chi connectivity index (χ1) is 10.6. The SMILES string of the molecule is Br[C@H](c1ccccc1)[C@@H](Br)CC[C@H](Br)[C@@H](Br)c1ccccc1. The molecule has 0 bridgehead atoms. The Balaban J connectivity index is 1.86. The Morgan fingerprint density at radius 1 is 0.545 bits per heavy atom. The lowest BCUT2D eigenvalue weighted by Gasteiger charge is -2.21. The highest BCUT2D eigenvalue weighted by atomic mass is 79.9. The molecule has 22 heavy (non-hydrogen) atoms. The van der Waals surface area contributed by atoms with Crippen molar-refractivity contribution in [2.75, 3.05) is 0 Å². The van der Waals surface area contributed by atoms with E-state index in [-0.39, 0.29) is 0 Å². The summed E-state index contributed by atoms with van der Waals surface area (Å²) in [6.07, 6.45) is 2.19. The number of alkyl halides is 4. The van der Waals surface area contributed by atoms with Crippen molar-refractivity contribution in [2.45, 2.75) is 32.2 Å². The molecule has 0 aliphatic rings. The molecular formula is C18H18Br4. The first-order valence-corrected chi connectivity index (χ1v) is 10.9. The van der Waals surface area contributed by atoms with Crippen molar-refractivity contribution in [1.82, 2.24) is 0 Å². The molecule has 0 spiro atoms. The van der Waals surface area contributed by atoms with E-state index < -0.39 is 0 Å². The first-order valence-electron chi connectivity index (χ1n) is 7.25. The summed E-state index contributed by atoms with van der Waals surface area (Å²) in [6.45, 7) is 0. The van der Waals surface area contributed by atoms with Crippen LogP contribution in [0.4, 0.5) is 0 Å². The van der Waals surface area contributed by atoms with Crippen LogP contribution in [0.15, 0.2) is 60.7 Å². The lowest BCUT2D eigenvalue weighted by atomic mass is 10.0. The third kappa shape index (κ3) is 5.47. The zero-order chi connectivity index (χ0) is 15.9. The Hall–Kier alpha value is 0.360. The maximum Gasteiger partial charge on any atom is 0.0520 e. The van der Waals surface area contributed by atoms with Crippen LogP contribution in [-0.2, 0) is 0 Å². The summed E-state index contributed by atoms with van der Waals surface area (Å²) < 4.78 is 0. The lowest BCUT2D eigenvalue weighted by Crippen LogP contribution is -2.12. The highest BCUT2D eigenvalue weighted by Crippen LogP contribution is 2.38. The normalized spacial score (nSPS) is 16.7. The van der Waals surface area contributed by atoms with E-state index in [2.05, 4.69) is 124 Å². The number of rotatable bonds is 7. The first kappa shape index (κ1) is 18.7. The minimum absolute atomic E-state index is 0.332. The maximum atomic E-state index is 3.83. The quantitative estimate of drug-likeness (QED) is 0.310. The molecule has 0 aromatic heterocycles. The molecule has 118 valence electrons. The Kier molecular flexibility index (Phi) is 8.16. The summed E-state index contributed by atoms with van der Waals surface area (Å²) in [5.74, 6) is 0. The average molecular weight is 554 g/mol. The van der Waals surface area contributed by atoms with Gasteiger partial charge in [-0.15, -0.1) is 0 Å². The summed E-state index contributed by atoms with van der Waals surface area (Å²) in [5, 5.41) is 0. The standard InChI is InChI=1S/C18H18Br4/c19-15(17(21)13-7-3-1-4-8-13)11-12-16(20)18(22)14-9-5-2-6-10-14/h1-10,15-18H,11-12H2/t15-,16-,17-,18+/m0/s1. The Morgan fingerprint density at radius 3 is 1.18 bits per heavy atom. The van der Waals surface area contributed by atoms with Gasteiger partial charge in [0.1, 0.15) is 0 Å². The van der Waals surface area contributed by atoms with E-state index in [1.807, 2.05) is 0 Å². The maximum absolute atomic E-state index is 3.83. The molecule has 0 unspecified atom stereocenters. The molecular weight excluding hydrogens is 536 g/mol. The molecule has 2 aromatic carbocycles. The van der Waals surface area contributed by atoms with Crippen molar-refractivity contribution >= 4 is 63.7 Å². The van der Waals surface area contributed by atoms with E-state index >= 15 is 0 Å². The fourth-order valence-corrected chi connectivity index (χ4v) is 4.58. The molecule has 4 heteroatoms. The van der Waals surface area contributed by atoms with Crippen molar-refractivity contribution in [2.24, 2.45) is 0 Å². The number of halogens is 4. The van der Waals surface area contributed by atoms with Crippen LogP contribution in [0.5, 0.6) is 0 Å². The van der Waals surface area contributed by atoms with Crippen molar-refractivity contribution in [1.29, 1.82) is 0 Å². The van der Waals surface area contributed by atoms with Crippen LogP contribution in [-0.4, -0.2) is 9.65 Å². The molecule has 0 radical (unpaired) electrons. The average Bonchev–Trinajstić information content (AvgIpc) is 2.59. The van der Waals surface area contributed by atoms with Crippen molar-refractivity contribution in [3.05, 3.63) is 71.8 Å². The summed E-state index contributed by atoms with van der Waals surface area (Å²) in [4.78, 5) is 1.48. The Labute approximate surface area is 166 Å². The second-order valence-corrected chi connectivity index (χ2v) is 9.56. The van der Waals surface area contributed by atoms with Crippen LogP contribution < -0.4 is 0 Å². The van der Waals surface area contributed by atoms with Crippen LogP contribution in [0.2, 0.25) is 0 Å². The van der Waals surface area contributed by atoms with Gasteiger partial charge in [-0.3, -0.25) is 0 Å². The van der Waals surface area contributed by atoms with Crippen LogP contribution in [0.1, 0.15) is 33.6 Å². The van der Waals surface area contributed by atoms with Gasteiger partial charge in [0.05, 0.1) is 9.65 Å². The third-order valence-corrected chi connectivity index (χ3v) is 9.31. The topological polar surface area (TPSA) is 0 Å². The van der Waals surface area contributed by atoms with Gasteiger partial charge in [-0.2, -0.15) is 0 Å². The van der Waals surface area contributed by atoms with Crippen molar-refractivity contribution in [3.8, 4) is 0 Å². The minimum atomic E-state index is 0.332. The van der Waals surface area contributed by atoms with Gasteiger partial charge in [0.2, 0.25) is 0 Å². The Bertz CT molecular complexity index is 492. The number of benzene rings is 2. The smallest absolute Gasteiger partial charge is 0.0520 e. The van der Waals surface area contributed by atoms with E-state index in [0.717, 1.165) is 12.8 Å². The van der Waals surface area contributed by atoms with Gasteiger partial charge in [-0.25, -0.2) is 0 Å². The van der Waals surface area contributed by atoms with Crippen LogP contribution in [0.3, 0.4) is 0 Å². The largest absolute Gasteiger partial charge is 0.0875 e. The van der Waals surface area contributed by atoms with Gasteiger partial charge < -0.3 is 0 Å². The van der Waals surface area contributed by atoms with E-state index in [1.165, 1.54) is 11.1 Å². The molecule has 2 rings (SSSR count). The second-order valence-electron chi connectivity index (χ2n) is 5.23. The summed E-state index contributed by atoms with van der Waals surface area (Å²) in [6, 6.07) is 21.1. The van der Waals surface area contributed by atoms with E-state index in [0.29, 0.717) is 19.3 Å². The highest BCUT2D eigenvalue weighted by molar-refractivity contribution is 9.12. The minimum Gasteiger partial charge on any atom is -0.0875 e. The van der Waals surface area contributed by atoms with Gasteiger partial charge in [-0.1, -0.05) is 124 Å². The Morgan fingerprint density at radius 2 is 0.864 bits per heavy atom. The van der Waals surface area contributed by atoms with Gasteiger partial charge >= 0.3 is 0 Å².